The number of benzene rings is 1. The van der Waals surface area contributed by atoms with Crippen LogP contribution in [-0.4, -0.2) is 47.0 Å². The number of thioether (sulfide) groups is 1. The molecule has 1 N–H and O–H groups in total. The Balaban J connectivity index is 2.00. The summed E-state index contributed by atoms with van der Waals surface area (Å²) in [6.45, 7) is 0. The van der Waals surface area contributed by atoms with Crippen molar-refractivity contribution in [2.75, 3.05) is 19.1 Å². The maximum absolute atomic E-state index is 13.1. The highest BCUT2D eigenvalue weighted by atomic mass is 32.2. The van der Waals surface area contributed by atoms with Crippen molar-refractivity contribution in [3.05, 3.63) is 60.3 Å². The molecule has 3 aromatic rings. The first kappa shape index (κ1) is 19.8. The van der Waals surface area contributed by atoms with E-state index < -0.39 is 12.0 Å². The zero-order chi connectivity index (χ0) is 19.9. The van der Waals surface area contributed by atoms with Crippen LogP contribution in [0.4, 0.5) is 0 Å². The third-order valence-corrected chi connectivity index (χ3v) is 4.93. The van der Waals surface area contributed by atoms with Crippen molar-refractivity contribution in [2.24, 2.45) is 0 Å². The molecule has 0 saturated heterocycles. The van der Waals surface area contributed by atoms with Gasteiger partial charge in [0, 0.05) is 11.6 Å². The first-order valence-electron chi connectivity index (χ1n) is 8.83. The Labute approximate surface area is 167 Å². The molecule has 28 heavy (non-hydrogen) atoms. The number of para-hydroxylation sites is 1. The number of pyridine rings is 2. The SMILES string of the molecule is COC(=O)[C@H](CCSC)NC(=O)c1cc(-c2ccccn2)nc2ccccc12. The van der Waals surface area contributed by atoms with Gasteiger partial charge < -0.3 is 10.1 Å². The molecule has 144 valence electrons. The van der Waals surface area contributed by atoms with Crippen LogP contribution in [0, 0.1) is 0 Å². The highest BCUT2D eigenvalue weighted by Crippen LogP contribution is 2.24. The zero-order valence-corrected chi connectivity index (χ0v) is 16.5. The number of aromatic nitrogens is 2. The molecule has 3 rings (SSSR count). The molecule has 6 nitrogen and oxygen atoms in total. The van der Waals surface area contributed by atoms with E-state index >= 15 is 0 Å². The average molecular weight is 395 g/mol. The van der Waals surface area contributed by atoms with E-state index in [9.17, 15) is 9.59 Å². The van der Waals surface area contributed by atoms with Gasteiger partial charge in [-0.3, -0.25) is 9.78 Å². The lowest BCUT2D eigenvalue weighted by molar-refractivity contribution is -0.142. The fourth-order valence-corrected chi connectivity index (χ4v) is 3.34. The minimum absolute atomic E-state index is 0.340. The molecule has 1 atom stereocenters. The Kier molecular flexibility index (Phi) is 6.60. The standard InChI is InChI=1S/C21H21N3O3S/c1-27-21(26)18(10-12-28-2)24-20(25)15-13-19(17-9-5-6-11-22-17)23-16-8-4-3-7-14(15)16/h3-9,11,13,18H,10,12H2,1-2H3,(H,24,25)/t18-/m0/s1. The number of methoxy groups -OCH3 is 1. The molecule has 1 aromatic carbocycles. The van der Waals surface area contributed by atoms with E-state index in [2.05, 4.69) is 15.3 Å². The van der Waals surface area contributed by atoms with Gasteiger partial charge in [-0.1, -0.05) is 24.3 Å². The van der Waals surface area contributed by atoms with Gasteiger partial charge in [-0.25, -0.2) is 9.78 Å². The van der Waals surface area contributed by atoms with Crippen molar-refractivity contribution in [1.29, 1.82) is 0 Å². The largest absolute Gasteiger partial charge is 0.467 e. The van der Waals surface area contributed by atoms with E-state index in [1.165, 1.54) is 7.11 Å². The highest BCUT2D eigenvalue weighted by molar-refractivity contribution is 7.98. The number of fused-ring (bicyclic) bond motifs is 1. The van der Waals surface area contributed by atoms with Gasteiger partial charge in [0.05, 0.1) is 29.6 Å². The summed E-state index contributed by atoms with van der Waals surface area (Å²) < 4.78 is 4.84. The summed E-state index contributed by atoms with van der Waals surface area (Å²) in [6.07, 6.45) is 4.13. The molecule has 0 aliphatic rings. The van der Waals surface area contributed by atoms with Crippen LogP contribution in [0.5, 0.6) is 0 Å². The van der Waals surface area contributed by atoms with Crippen molar-refractivity contribution >= 4 is 34.5 Å². The predicted molar refractivity (Wildman–Crippen MR) is 111 cm³/mol. The second-order valence-corrected chi connectivity index (χ2v) is 7.10. The van der Waals surface area contributed by atoms with Crippen molar-refractivity contribution in [2.45, 2.75) is 12.5 Å². The van der Waals surface area contributed by atoms with Crippen molar-refractivity contribution in [3.63, 3.8) is 0 Å². The Bertz CT molecular complexity index is 979. The molecule has 2 heterocycles. The van der Waals surface area contributed by atoms with Gasteiger partial charge >= 0.3 is 5.97 Å². The molecule has 0 saturated carbocycles. The van der Waals surface area contributed by atoms with Crippen LogP contribution >= 0.6 is 11.8 Å². The van der Waals surface area contributed by atoms with Crippen LogP contribution in [0.15, 0.2) is 54.7 Å². The maximum atomic E-state index is 13.1. The summed E-state index contributed by atoms with van der Waals surface area (Å²) in [6, 6.07) is 14.0. The van der Waals surface area contributed by atoms with E-state index in [0.29, 0.717) is 34.3 Å². The zero-order valence-electron chi connectivity index (χ0n) is 15.7. The van der Waals surface area contributed by atoms with Crippen molar-refractivity contribution < 1.29 is 14.3 Å². The molecule has 0 bridgehead atoms. The number of carbonyl (C=O) groups is 2. The summed E-state index contributed by atoms with van der Waals surface area (Å²) >= 11 is 1.61. The normalized spacial score (nSPS) is 11.8. The van der Waals surface area contributed by atoms with Gasteiger partial charge in [0.25, 0.3) is 5.91 Å². The number of esters is 1. The number of carbonyl (C=O) groups excluding carboxylic acids is 2. The Morgan fingerprint density at radius 2 is 1.93 bits per heavy atom. The molecule has 0 aliphatic heterocycles. The van der Waals surface area contributed by atoms with Crippen LogP contribution < -0.4 is 5.32 Å². The number of rotatable bonds is 7. The lowest BCUT2D eigenvalue weighted by atomic mass is 10.0. The Morgan fingerprint density at radius 3 is 2.64 bits per heavy atom. The van der Waals surface area contributed by atoms with Gasteiger partial charge in [-0.05, 0) is 42.7 Å². The first-order chi connectivity index (χ1) is 13.6. The number of nitrogens with zero attached hydrogens (tertiary/aromatic N) is 2. The number of nitrogens with one attached hydrogen (secondary N) is 1. The second-order valence-electron chi connectivity index (χ2n) is 6.12. The number of ether oxygens (including phenoxy) is 1. The predicted octanol–water partition coefficient (Wildman–Crippen LogP) is 3.32. The van der Waals surface area contributed by atoms with E-state index in [1.807, 2.05) is 48.7 Å². The molecule has 0 radical (unpaired) electrons. The third kappa shape index (κ3) is 4.48. The number of hydrogen-bond donors (Lipinski definition) is 1. The molecule has 2 aromatic heterocycles. The van der Waals surface area contributed by atoms with Crippen LogP contribution in [-0.2, 0) is 9.53 Å². The van der Waals surface area contributed by atoms with E-state index in [-0.39, 0.29) is 5.91 Å². The summed E-state index contributed by atoms with van der Waals surface area (Å²) in [5.74, 6) is -0.0611. The second kappa shape index (κ2) is 9.32. The van der Waals surface area contributed by atoms with Gasteiger partial charge in [0.2, 0.25) is 0 Å². The lowest BCUT2D eigenvalue weighted by Gasteiger charge is -2.17. The van der Waals surface area contributed by atoms with E-state index in [0.717, 1.165) is 5.75 Å². The van der Waals surface area contributed by atoms with Gasteiger partial charge in [-0.15, -0.1) is 0 Å². The van der Waals surface area contributed by atoms with Crippen LogP contribution in [0.25, 0.3) is 22.3 Å². The van der Waals surface area contributed by atoms with Crippen molar-refractivity contribution in [1.82, 2.24) is 15.3 Å². The fraction of sp³-hybridized carbons (Fsp3) is 0.238. The van der Waals surface area contributed by atoms with Crippen LogP contribution in [0.1, 0.15) is 16.8 Å². The lowest BCUT2D eigenvalue weighted by Crippen LogP contribution is -2.42. The topological polar surface area (TPSA) is 81.2 Å². The molecule has 0 aliphatic carbocycles. The summed E-state index contributed by atoms with van der Waals surface area (Å²) in [5.41, 5.74) is 2.41. The van der Waals surface area contributed by atoms with Gasteiger partial charge in [0.1, 0.15) is 6.04 Å². The highest BCUT2D eigenvalue weighted by Gasteiger charge is 2.23. The van der Waals surface area contributed by atoms with Gasteiger partial charge in [0.15, 0.2) is 0 Å². The van der Waals surface area contributed by atoms with Crippen molar-refractivity contribution in [3.8, 4) is 11.4 Å². The molecule has 1 amide bonds. The molecule has 0 unspecified atom stereocenters. The van der Waals surface area contributed by atoms with Crippen LogP contribution in [0.3, 0.4) is 0 Å². The molecular weight excluding hydrogens is 374 g/mol. The third-order valence-electron chi connectivity index (χ3n) is 4.29. The summed E-state index contributed by atoms with van der Waals surface area (Å²) in [7, 11) is 1.32. The first-order valence-corrected chi connectivity index (χ1v) is 10.2. The minimum Gasteiger partial charge on any atom is -0.467 e. The number of hydrogen-bond acceptors (Lipinski definition) is 6. The Hall–Kier alpha value is -2.93. The smallest absolute Gasteiger partial charge is 0.328 e. The Morgan fingerprint density at radius 1 is 1.14 bits per heavy atom. The fourth-order valence-electron chi connectivity index (χ4n) is 2.87. The molecule has 7 heteroatoms. The molecule has 0 spiro atoms. The molecule has 0 fully saturated rings. The van der Waals surface area contributed by atoms with E-state index in [4.69, 9.17) is 4.74 Å². The monoisotopic (exact) mass is 395 g/mol. The minimum atomic E-state index is -0.699. The maximum Gasteiger partial charge on any atom is 0.328 e. The summed E-state index contributed by atoms with van der Waals surface area (Å²) in [4.78, 5) is 34.1. The summed E-state index contributed by atoms with van der Waals surface area (Å²) in [5, 5.41) is 3.53. The van der Waals surface area contributed by atoms with E-state index in [1.54, 1.807) is 24.0 Å². The van der Waals surface area contributed by atoms with Gasteiger partial charge in [-0.2, -0.15) is 11.8 Å². The quantitative estimate of drug-likeness (QED) is 0.618. The van der Waals surface area contributed by atoms with Crippen LogP contribution in [0.2, 0.25) is 0 Å². The molecular formula is C21H21N3O3S. The number of amides is 1. The average Bonchev–Trinajstić information content (AvgIpc) is 2.75.